The number of para-hydroxylation sites is 1. The molecule has 1 aliphatic rings. The van der Waals surface area contributed by atoms with Crippen LogP contribution < -0.4 is 4.90 Å². The fourth-order valence-electron chi connectivity index (χ4n) is 1.95. The third kappa shape index (κ3) is 2.90. The summed E-state index contributed by atoms with van der Waals surface area (Å²) in [7, 11) is 0. The van der Waals surface area contributed by atoms with E-state index in [1.165, 1.54) is 0 Å². The molecule has 1 aromatic carbocycles. The number of anilines is 1. The molecule has 0 aliphatic carbocycles. The van der Waals surface area contributed by atoms with Gasteiger partial charge in [-0.05, 0) is 26.0 Å². The lowest BCUT2D eigenvalue weighted by molar-refractivity contribution is 0.0176. The molecule has 4 heteroatoms. The van der Waals surface area contributed by atoms with Crippen molar-refractivity contribution in [3.05, 3.63) is 30.3 Å². The molecule has 0 radical (unpaired) electrons. The van der Waals surface area contributed by atoms with Gasteiger partial charge in [0.2, 0.25) is 0 Å². The van der Waals surface area contributed by atoms with Crippen molar-refractivity contribution in [3.8, 4) is 0 Å². The molecule has 2 rings (SSSR count). The Morgan fingerprint density at radius 2 is 1.94 bits per heavy atom. The molecule has 2 unspecified atom stereocenters. The van der Waals surface area contributed by atoms with Crippen LogP contribution in [0.5, 0.6) is 0 Å². The summed E-state index contributed by atoms with van der Waals surface area (Å²) >= 11 is 0. The highest BCUT2D eigenvalue weighted by Gasteiger charge is 2.24. The van der Waals surface area contributed by atoms with E-state index in [-0.39, 0.29) is 12.1 Å². The molecule has 4 nitrogen and oxygen atoms in total. The van der Waals surface area contributed by atoms with Gasteiger partial charge in [-0.15, -0.1) is 0 Å². The van der Waals surface area contributed by atoms with Crippen molar-refractivity contribution in [3.63, 3.8) is 0 Å². The lowest BCUT2D eigenvalue weighted by atomic mass is 10.2. The normalized spacial score (nSPS) is 25.5. The van der Waals surface area contributed by atoms with Crippen LogP contribution in [0.2, 0.25) is 0 Å². The zero-order valence-electron chi connectivity index (χ0n) is 10.1. The Kier molecular flexibility index (Phi) is 3.52. The fraction of sp³-hybridized carbons (Fsp3) is 0.462. The highest BCUT2D eigenvalue weighted by atomic mass is 16.7. The summed E-state index contributed by atoms with van der Waals surface area (Å²) in [5.41, 5.74) is 1.12. The predicted octanol–water partition coefficient (Wildman–Crippen LogP) is 2.44. The minimum absolute atomic E-state index is 0.146. The van der Waals surface area contributed by atoms with Crippen molar-refractivity contribution in [2.45, 2.75) is 26.0 Å². The first kappa shape index (κ1) is 11.8. The molecule has 0 spiro atoms. The number of hydrogen-bond acceptors (Lipinski definition) is 4. The minimum Gasteiger partial charge on any atom is -0.432 e. The quantitative estimate of drug-likeness (QED) is 0.701. The van der Waals surface area contributed by atoms with Crippen LogP contribution in [0.25, 0.3) is 0 Å². The van der Waals surface area contributed by atoms with Crippen LogP contribution >= 0.6 is 0 Å². The van der Waals surface area contributed by atoms with Crippen molar-refractivity contribution >= 4 is 11.8 Å². The molecule has 1 aliphatic heterocycles. The van der Waals surface area contributed by atoms with E-state index in [1.807, 2.05) is 44.2 Å². The van der Waals surface area contributed by atoms with E-state index in [0.717, 1.165) is 5.69 Å². The van der Waals surface area contributed by atoms with E-state index in [9.17, 15) is 4.79 Å². The highest BCUT2D eigenvalue weighted by molar-refractivity contribution is 5.60. The molecular formula is C13H17NO3. The second-order valence-corrected chi connectivity index (χ2v) is 4.33. The number of rotatable bonds is 1. The first-order valence-corrected chi connectivity index (χ1v) is 5.82. The topological polar surface area (TPSA) is 38.8 Å². The monoisotopic (exact) mass is 235 g/mol. The van der Waals surface area contributed by atoms with E-state index in [0.29, 0.717) is 13.2 Å². The van der Waals surface area contributed by atoms with Crippen LogP contribution in [0.1, 0.15) is 13.8 Å². The van der Waals surface area contributed by atoms with Crippen LogP contribution in [-0.4, -0.2) is 31.5 Å². The van der Waals surface area contributed by atoms with E-state index in [1.54, 1.807) is 0 Å². The van der Waals surface area contributed by atoms with Crippen LogP contribution in [0.15, 0.2) is 30.3 Å². The van der Waals surface area contributed by atoms with Crippen molar-refractivity contribution in [2.24, 2.45) is 0 Å². The smallest absolute Gasteiger partial charge is 0.432 e. The second-order valence-electron chi connectivity index (χ2n) is 4.33. The van der Waals surface area contributed by atoms with Gasteiger partial charge in [0, 0.05) is 5.69 Å². The van der Waals surface area contributed by atoms with Gasteiger partial charge in [0.1, 0.15) is 12.7 Å². The Morgan fingerprint density at radius 3 is 2.65 bits per heavy atom. The van der Waals surface area contributed by atoms with E-state index >= 15 is 0 Å². The van der Waals surface area contributed by atoms with Gasteiger partial charge in [-0.3, -0.25) is 0 Å². The number of carbonyl (C=O) groups excluding carboxylic acids is 1. The Morgan fingerprint density at radius 1 is 1.24 bits per heavy atom. The lowest BCUT2D eigenvalue weighted by Gasteiger charge is -2.34. The highest BCUT2D eigenvalue weighted by Crippen LogP contribution is 2.19. The van der Waals surface area contributed by atoms with Crippen molar-refractivity contribution < 1.29 is 14.3 Å². The predicted molar refractivity (Wildman–Crippen MR) is 65.1 cm³/mol. The molecule has 1 heterocycles. The van der Waals surface area contributed by atoms with Crippen molar-refractivity contribution in [1.82, 2.24) is 0 Å². The molecule has 0 N–H and O–H groups in total. The van der Waals surface area contributed by atoms with Crippen LogP contribution in [0.3, 0.4) is 0 Å². The molecule has 1 aromatic rings. The summed E-state index contributed by atoms with van der Waals surface area (Å²) in [5.74, 6) is 0. The molecule has 0 aromatic heterocycles. The van der Waals surface area contributed by atoms with Gasteiger partial charge in [-0.1, -0.05) is 18.2 Å². The van der Waals surface area contributed by atoms with Gasteiger partial charge >= 0.3 is 6.16 Å². The van der Waals surface area contributed by atoms with Gasteiger partial charge in [0.15, 0.2) is 0 Å². The van der Waals surface area contributed by atoms with Crippen LogP contribution in [0, 0.1) is 0 Å². The fourth-order valence-corrected chi connectivity index (χ4v) is 1.95. The SMILES string of the molecule is CC1CN(c2ccccc2)C(C)COC(=O)O1. The minimum atomic E-state index is -0.572. The maximum atomic E-state index is 11.2. The Balaban J connectivity index is 2.17. The molecule has 0 bridgehead atoms. The molecular weight excluding hydrogens is 218 g/mol. The van der Waals surface area contributed by atoms with E-state index in [2.05, 4.69) is 4.90 Å². The second kappa shape index (κ2) is 5.08. The van der Waals surface area contributed by atoms with Crippen molar-refractivity contribution in [1.29, 1.82) is 0 Å². The molecule has 92 valence electrons. The van der Waals surface area contributed by atoms with Gasteiger partial charge in [-0.25, -0.2) is 4.79 Å². The number of carbonyl (C=O) groups is 1. The Hall–Kier alpha value is -1.71. The lowest BCUT2D eigenvalue weighted by Crippen LogP contribution is -2.45. The third-order valence-corrected chi connectivity index (χ3v) is 2.81. The number of cyclic esters (lactones) is 2. The van der Waals surface area contributed by atoms with Crippen LogP contribution in [0.4, 0.5) is 10.5 Å². The molecule has 2 atom stereocenters. The van der Waals surface area contributed by atoms with Crippen LogP contribution in [-0.2, 0) is 9.47 Å². The number of benzene rings is 1. The summed E-state index contributed by atoms with van der Waals surface area (Å²) in [6.45, 7) is 4.94. The molecule has 1 saturated heterocycles. The number of hydrogen-bond donors (Lipinski definition) is 0. The zero-order valence-corrected chi connectivity index (χ0v) is 10.1. The summed E-state index contributed by atoms with van der Waals surface area (Å²) in [4.78, 5) is 13.4. The van der Waals surface area contributed by atoms with E-state index in [4.69, 9.17) is 9.47 Å². The summed E-state index contributed by atoms with van der Waals surface area (Å²) in [6, 6.07) is 10.2. The molecule has 0 amide bonds. The molecule has 17 heavy (non-hydrogen) atoms. The third-order valence-electron chi connectivity index (χ3n) is 2.81. The maximum absolute atomic E-state index is 11.2. The summed E-state index contributed by atoms with van der Waals surface area (Å²) in [5, 5.41) is 0. The summed E-state index contributed by atoms with van der Waals surface area (Å²) < 4.78 is 10.1. The Labute approximate surface area is 101 Å². The largest absolute Gasteiger partial charge is 0.508 e. The molecule has 1 fully saturated rings. The van der Waals surface area contributed by atoms with Gasteiger partial charge < -0.3 is 14.4 Å². The standard InChI is InChI=1S/C13H17NO3/c1-10-9-16-13(15)17-11(2)8-14(10)12-6-4-3-5-7-12/h3-7,10-11H,8-9H2,1-2H3. The maximum Gasteiger partial charge on any atom is 0.508 e. The van der Waals surface area contributed by atoms with Gasteiger partial charge in [-0.2, -0.15) is 0 Å². The number of ether oxygens (including phenoxy) is 2. The average molecular weight is 235 g/mol. The number of nitrogens with zero attached hydrogens (tertiary/aromatic N) is 1. The van der Waals surface area contributed by atoms with Gasteiger partial charge in [0.25, 0.3) is 0 Å². The summed E-state index contributed by atoms with van der Waals surface area (Å²) in [6.07, 6.45) is -0.748. The first-order chi connectivity index (χ1) is 8.16. The Bertz CT molecular complexity index is 380. The van der Waals surface area contributed by atoms with Gasteiger partial charge in [0.05, 0.1) is 12.6 Å². The first-order valence-electron chi connectivity index (χ1n) is 5.82. The van der Waals surface area contributed by atoms with Crippen molar-refractivity contribution in [2.75, 3.05) is 18.1 Å². The average Bonchev–Trinajstić information content (AvgIpc) is 2.33. The zero-order chi connectivity index (χ0) is 12.3. The molecule has 0 saturated carbocycles. The van der Waals surface area contributed by atoms with E-state index < -0.39 is 6.16 Å².